The Kier molecular flexibility index (Phi) is 4.57. The monoisotopic (exact) mass is 329 g/mol. The second-order valence-corrected chi connectivity index (χ2v) is 6.06. The van der Waals surface area contributed by atoms with Crippen molar-refractivity contribution >= 4 is 51.9 Å². The van der Waals surface area contributed by atoms with E-state index >= 15 is 0 Å². The topological polar surface area (TPSA) is 38.8 Å². The summed E-state index contributed by atoms with van der Waals surface area (Å²) < 4.78 is 10.9. The highest BCUT2D eigenvalue weighted by molar-refractivity contribution is 8.26. The normalized spacial score (nSPS) is 17.0. The largest absolute Gasteiger partial charge is 0.493 e. The molecule has 20 heavy (non-hydrogen) atoms. The Labute approximate surface area is 131 Å². The van der Waals surface area contributed by atoms with E-state index in [2.05, 4.69) is 0 Å². The summed E-state index contributed by atoms with van der Waals surface area (Å²) in [5, 5.41) is 0.421. The van der Waals surface area contributed by atoms with E-state index in [-0.39, 0.29) is 5.91 Å². The number of methoxy groups -OCH3 is 2. The van der Waals surface area contributed by atoms with Gasteiger partial charge in [0.2, 0.25) is 0 Å². The first-order chi connectivity index (χ1) is 9.47. The molecule has 1 fully saturated rings. The van der Waals surface area contributed by atoms with Crippen molar-refractivity contribution in [3.8, 4) is 11.5 Å². The average molecular weight is 330 g/mol. The molecule has 1 aliphatic heterocycles. The number of thiocarbonyl (C=S) groups is 1. The third-order valence-corrected chi connectivity index (χ3v) is 4.51. The number of halogens is 1. The summed E-state index contributed by atoms with van der Waals surface area (Å²) in [6, 6.07) is 3.47. The highest BCUT2D eigenvalue weighted by Crippen LogP contribution is 2.38. The van der Waals surface area contributed by atoms with E-state index < -0.39 is 0 Å². The number of ether oxygens (including phenoxy) is 2. The van der Waals surface area contributed by atoms with Gasteiger partial charge >= 0.3 is 0 Å². The van der Waals surface area contributed by atoms with E-state index in [0.29, 0.717) is 25.7 Å². The Morgan fingerprint density at radius 3 is 2.55 bits per heavy atom. The third-order valence-electron chi connectivity index (χ3n) is 2.74. The van der Waals surface area contributed by atoms with Gasteiger partial charge in [0.05, 0.1) is 24.1 Å². The predicted octanol–water partition coefficient (Wildman–Crippen LogP) is 3.19. The second kappa shape index (κ2) is 6.03. The van der Waals surface area contributed by atoms with E-state index in [1.165, 1.54) is 30.9 Å². The molecule has 1 aromatic carbocycles. The van der Waals surface area contributed by atoms with Gasteiger partial charge in [-0.3, -0.25) is 9.69 Å². The quantitative estimate of drug-likeness (QED) is 0.629. The van der Waals surface area contributed by atoms with Crippen molar-refractivity contribution < 1.29 is 14.3 Å². The summed E-state index contributed by atoms with van der Waals surface area (Å²) in [4.78, 5) is 13.9. The molecule has 7 heteroatoms. The lowest BCUT2D eigenvalue weighted by atomic mass is 10.2. The summed E-state index contributed by atoms with van der Waals surface area (Å²) >= 11 is 12.5. The van der Waals surface area contributed by atoms with Crippen molar-refractivity contribution in [1.29, 1.82) is 0 Å². The summed E-state index contributed by atoms with van der Waals surface area (Å²) in [5.74, 6) is 0.860. The molecule has 106 valence electrons. The Morgan fingerprint density at radius 2 is 2.05 bits per heavy atom. The van der Waals surface area contributed by atoms with Gasteiger partial charge in [0.1, 0.15) is 4.32 Å². The summed E-state index contributed by atoms with van der Waals surface area (Å²) in [5.41, 5.74) is 0.751. The van der Waals surface area contributed by atoms with Crippen molar-refractivity contribution in [3.63, 3.8) is 0 Å². The van der Waals surface area contributed by atoms with E-state index in [4.69, 9.17) is 33.3 Å². The van der Waals surface area contributed by atoms with Crippen LogP contribution in [0.4, 0.5) is 0 Å². The van der Waals surface area contributed by atoms with Crippen LogP contribution in [0.5, 0.6) is 11.5 Å². The van der Waals surface area contributed by atoms with Crippen LogP contribution in [-0.2, 0) is 4.79 Å². The average Bonchev–Trinajstić information content (AvgIpc) is 2.65. The van der Waals surface area contributed by atoms with Gasteiger partial charge in [-0.25, -0.2) is 0 Å². The Bertz CT molecular complexity index is 616. The maximum atomic E-state index is 11.9. The number of hydrogen-bond acceptors (Lipinski definition) is 5. The maximum absolute atomic E-state index is 11.9. The molecule has 1 amide bonds. The molecule has 1 aromatic rings. The number of rotatable bonds is 3. The third kappa shape index (κ3) is 2.77. The second-order valence-electron chi connectivity index (χ2n) is 3.98. The lowest BCUT2D eigenvalue weighted by Gasteiger charge is -2.10. The van der Waals surface area contributed by atoms with Gasteiger partial charge < -0.3 is 9.47 Å². The molecule has 0 aromatic heterocycles. The molecule has 1 aliphatic rings. The summed E-state index contributed by atoms with van der Waals surface area (Å²) in [7, 11) is 4.70. The van der Waals surface area contributed by atoms with Gasteiger partial charge in [0, 0.05) is 7.05 Å². The van der Waals surface area contributed by atoms with E-state index in [1.54, 1.807) is 25.3 Å². The smallest absolute Gasteiger partial charge is 0.265 e. The van der Waals surface area contributed by atoms with Gasteiger partial charge in [0.15, 0.2) is 11.5 Å². The molecule has 0 bridgehead atoms. The van der Waals surface area contributed by atoms with Crippen molar-refractivity contribution in [1.82, 2.24) is 4.90 Å². The van der Waals surface area contributed by atoms with Crippen molar-refractivity contribution in [2.75, 3.05) is 21.3 Å². The molecule has 2 rings (SSSR count). The number of nitrogens with zero attached hydrogens (tertiary/aromatic N) is 1. The number of likely N-dealkylation sites (N-methyl/N-ethyl adjacent to an activating group) is 1. The Balaban J connectivity index is 2.42. The van der Waals surface area contributed by atoms with Crippen LogP contribution in [0.15, 0.2) is 17.0 Å². The van der Waals surface area contributed by atoms with Crippen LogP contribution in [0.2, 0.25) is 5.02 Å². The molecule has 0 saturated carbocycles. The molecular weight excluding hydrogens is 318 g/mol. The van der Waals surface area contributed by atoms with Crippen LogP contribution in [0.1, 0.15) is 5.56 Å². The predicted molar refractivity (Wildman–Crippen MR) is 85.5 cm³/mol. The van der Waals surface area contributed by atoms with Crippen molar-refractivity contribution in [3.05, 3.63) is 27.6 Å². The van der Waals surface area contributed by atoms with E-state index in [9.17, 15) is 4.79 Å². The highest BCUT2D eigenvalue weighted by atomic mass is 35.5. The minimum Gasteiger partial charge on any atom is -0.493 e. The molecule has 0 atom stereocenters. The number of benzene rings is 1. The molecule has 1 heterocycles. The molecule has 0 aliphatic carbocycles. The minimum atomic E-state index is -0.120. The minimum absolute atomic E-state index is 0.120. The summed E-state index contributed by atoms with van der Waals surface area (Å²) in [6.45, 7) is 0. The summed E-state index contributed by atoms with van der Waals surface area (Å²) in [6.07, 6.45) is 1.73. The first kappa shape index (κ1) is 15.2. The number of carbonyl (C=O) groups excluding carboxylic acids is 1. The highest BCUT2D eigenvalue weighted by Gasteiger charge is 2.28. The van der Waals surface area contributed by atoms with Gasteiger partial charge in [-0.1, -0.05) is 35.6 Å². The first-order valence-corrected chi connectivity index (χ1v) is 7.21. The number of amides is 1. The van der Waals surface area contributed by atoms with Crippen LogP contribution in [0.3, 0.4) is 0 Å². The van der Waals surface area contributed by atoms with Crippen molar-refractivity contribution in [2.24, 2.45) is 0 Å². The fraction of sp³-hybridized carbons (Fsp3) is 0.231. The van der Waals surface area contributed by atoms with Gasteiger partial charge in [-0.2, -0.15) is 0 Å². The van der Waals surface area contributed by atoms with Crippen LogP contribution in [-0.4, -0.2) is 36.4 Å². The van der Waals surface area contributed by atoms with Crippen LogP contribution in [0.25, 0.3) is 6.08 Å². The Morgan fingerprint density at radius 1 is 1.35 bits per heavy atom. The SMILES string of the molecule is COc1cc(/C=C2/SC(=S)N(C)C2=O)cc(Cl)c1OC. The first-order valence-electron chi connectivity index (χ1n) is 5.61. The standard InChI is InChI=1S/C13H12ClNO3S2/c1-15-12(16)10(20-13(15)19)6-7-4-8(14)11(18-3)9(5-7)17-2/h4-6H,1-3H3/b10-6+. The zero-order valence-corrected chi connectivity index (χ0v) is 13.5. The molecule has 4 nitrogen and oxygen atoms in total. The molecule has 0 N–H and O–H groups in total. The van der Waals surface area contributed by atoms with Gasteiger partial charge in [0.25, 0.3) is 5.91 Å². The van der Waals surface area contributed by atoms with Crippen LogP contribution < -0.4 is 9.47 Å². The van der Waals surface area contributed by atoms with Crippen LogP contribution in [0, 0.1) is 0 Å². The maximum Gasteiger partial charge on any atom is 0.265 e. The molecule has 0 spiro atoms. The van der Waals surface area contributed by atoms with E-state index in [0.717, 1.165) is 5.56 Å². The number of hydrogen-bond donors (Lipinski definition) is 0. The fourth-order valence-corrected chi connectivity index (χ4v) is 3.19. The molecule has 0 radical (unpaired) electrons. The Hall–Kier alpha value is -1.24. The molecular formula is C13H12ClNO3S2. The zero-order chi connectivity index (χ0) is 14.9. The molecule has 1 saturated heterocycles. The van der Waals surface area contributed by atoms with Crippen molar-refractivity contribution in [2.45, 2.75) is 0 Å². The van der Waals surface area contributed by atoms with E-state index in [1.807, 2.05) is 0 Å². The van der Waals surface area contributed by atoms with Gasteiger partial charge in [-0.05, 0) is 23.8 Å². The lowest BCUT2D eigenvalue weighted by Crippen LogP contribution is -2.22. The zero-order valence-electron chi connectivity index (χ0n) is 11.1. The fourth-order valence-electron chi connectivity index (χ4n) is 1.72. The lowest BCUT2D eigenvalue weighted by molar-refractivity contribution is -0.121. The van der Waals surface area contributed by atoms with Crippen LogP contribution >= 0.6 is 35.6 Å². The molecule has 0 unspecified atom stereocenters. The number of carbonyl (C=O) groups is 1. The van der Waals surface area contributed by atoms with Gasteiger partial charge in [-0.15, -0.1) is 0 Å². The number of thioether (sulfide) groups is 1.